The van der Waals surface area contributed by atoms with Crippen LogP contribution in [-0.4, -0.2) is 50.3 Å². The van der Waals surface area contributed by atoms with Gasteiger partial charge >= 0.3 is 0 Å². The zero-order valence-electron chi connectivity index (χ0n) is 28.4. The summed E-state index contributed by atoms with van der Waals surface area (Å²) in [5, 5.41) is 0. The fourth-order valence-electron chi connectivity index (χ4n) is 5.56. The van der Waals surface area contributed by atoms with Crippen molar-refractivity contribution in [3.63, 3.8) is 0 Å². The first kappa shape index (κ1) is 36.4. The van der Waals surface area contributed by atoms with Crippen molar-refractivity contribution in [2.45, 2.75) is 78.8 Å². The number of amides is 1. The average Bonchev–Trinajstić information content (AvgIpc) is 3.07. The Morgan fingerprint density at radius 2 is 1.69 bits per heavy atom. The highest BCUT2D eigenvalue weighted by Gasteiger charge is 2.32. The Labute approximate surface area is 291 Å². The number of fused-ring (bicyclic) bond motifs is 1. The van der Waals surface area contributed by atoms with Crippen LogP contribution < -0.4 is 10.5 Å². The van der Waals surface area contributed by atoms with Gasteiger partial charge in [0.15, 0.2) is 5.96 Å². The molecule has 0 radical (unpaired) electrons. The van der Waals surface area contributed by atoms with E-state index in [0.29, 0.717) is 62.4 Å². The van der Waals surface area contributed by atoms with Gasteiger partial charge in [0.1, 0.15) is 5.75 Å². The second-order valence-corrected chi connectivity index (χ2v) is 13.3. The van der Waals surface area contributed by atoms with E-state index >= 15 is 0 Å². The number of rotatable bonds is 14. The summed E-state index contributed by atoms with van der Waals surface area (Å²) >= 11 is 0. The molecule has 2 N–H and O–H groups in total. The van der Waals surface area contributed by atoms with Gasteiger partial charge in [-0.05, 0) is 60.6 Å². The summed E-state index contributed by atoms with van der Waals surface area (Å²) in [5.41, 5.74) is 10.5. The highest BCUT2D eigenvalue weighted by atomic mass is 32.1. The average molecular weight is 669 g/mol. The molecule has 254 valence electrons. The molecule has 3 heterocycles. The Kier molecular flexibility index (Phi) is 13.0. The zero-order valence-corrected chi connectivity index (χ0v) is 29.4. The van der Waals surface area contributed by atoms with Crippen LogP contribution in [0.15, 0.2) is 102 Å². The van der Waals surface area contributed by atoms with Crippen LogP contribution in [0.5, 0.6) is 11.6 Å². The number of aliphatic imine (C=N–C) groups is 1. The van der Waals surface area contributed by atoms with Crippen LogP contribution in [0.2, 0.25) is 0 Å². The van der Waals surface area contributed by atoms with Gasteiger partial charge in [-0.2, -0.15) is 13.5 Å². The maximum absolute atomic E-state index is 13.9. The molecule has 2 atom stereocenters. The van der Waals surface area contributed by atoms with Gasteiger partial charge in [-0.3, -0.25) is 9.78 Å². The molecule has 48 heavy (non-hydrogen) atoms. The Morgan fingerprint density at radius 3 is 2.38 bits per heavy atom. The number of aromatic nitrogens is 2. The molecule has 0 fully saturated rings. The van der Waals surface area contributed by atoms with E-state index in [0.717, 1.165) is 23.1 Å². The van der Waals surface area contributed by atoms with Crippen molar-refractivity contribution in [3.8, 4) is 11.6 Å². The third kappa shape index (κ3) is 10.6. The first-order chi connectivity index (χ1) is 22.6. The number of benzene rings is 2. The Hall–Kier alpha value is -4.41. The number of para-hydroxylation sites is 1. The minimum Gasteiger partial charge on any atom is -0.439 e. The van der Waals surface area contributed by atoms with Gasteiger partial charge in [0.25, 0.3) is 0 Å². The van der Waals surface area contributed by atoms with E-state index in [-0.39, 0.29) is 37.0 Å². The quantitative estimate of drug-likeness (QED) is 0.150. The molecule has 2 aromatic heterocycles. The lowest BCUT2D eigenvalue weighted by molar-refractivity contribution is -0.132. The molecular weight excluding hydrogens is 621 g/mol. The van der Waals surface area contributed by atoms with Crippen LogP contribution in [-0.2, 0) is 29.2 Å². The van der Waals surface area contributed by atoms with Crippen molar-refractivity contribution in [1.82, 2.24) is 19.8 Å². The first-order valence-electron chi connectivity index (χ1n) is 16.3. The summed E-state index contributed by atoms with van der Waals surface area (Å²) in [5.74, 6) is 1.67. The summed E-state index contributed by atoms with van der Waals surface area (Å²) in [7, 11) is 0. The number of hydrogen-bond acceptors (Lipinski definition) is 8. The van der Waals surface area contributed by atoms with Crippen molar-refractivity contribution < 1.29 is 14.3 Å². The van der Waals surface area contributed by atoms with Crippen LogP contribution in [0.1, 0.15) is 63.6 Å². The molecule has 0 bridgehead atoms. The summed E-state index contributed by atoms with van der Waals surface area (Å²) in [6.07, 6.45) is 6.77. The Bertz CT molecular complexity index is 1620. The minimum atomic E-state index is -0.247. The van der Waals surface area contributed by atoms with Crippen LogP contribution in [0, 0.1) is 5.41 Å². The van der Waals surface area contributed by atoms with Crippen LogP contribution in [0.25, 0.3) is 0 Å². The molecule has 10 heteroatoms. The van der Waals surface area contributed by atoms with E-state index in [1.807, 2.05) is 90.7 Å². The lowest BCUT2D eigenvalue weighted by atomic mass is 9.92. The number of pyridine rings is 2. The van der Waals surface area contributed by atoms with Gasteiger partial charge in [0, 0.05) is 50.1 Å². The smallest absolute Gasteiger partial charge is 0.222 e. The number of hydrogen-bond donors (Lipinski definition) is 1. The lowest BCUT2D eigenvalue weighted by Gasteiger charge is -2.39. The molecular formula is C38H48N6O3S. The monoisotopic (exact) mass is 668 g/mol. The van der Waals surface area contributed by atoms with E-state index in [1.165, 1.54) is 0 Å². The van der Waals surface area contributed by atoms with E-state index in [1.54, 1.807) is 18.6 Å². The van der Waals surface area contributed by atoms with Gasteiger partial charge in [-0.25, -0.2) is 9.98 Å². The van der Waals surface area contributed by atoms with Crippen molar-refractivity contribution in [2.24, 2.45) is 16.1 Å². The number of nitrogens with two attached hydrogens (primary N) is 1. The minimum absolute atomic E-state index is 0. The van der Waals surface area contributed by atoms with E-state index < -0.39 is 0 Å². The zero-order chi connectivity index (χ0) is 33.2. The highest BCUT2D eigenvalue weighted by Crippen LogP contribution is 2.32. The molecule has 5 rings (SSSR count). The van der Waals surface area contributed by atoms with Crippen molar-refractivity contribution in [3.05, 3.63) is 114 Å². The topological polar surface area (TPSA) is 106 Å². The van der Waals surface area contributed by atoms with Crippen LogP contribution >= 0.6 is 13.5 Å². The fraction of sp³-hybridized carbons (Fsp3) is 0.368. The van der Waals surface area contributed by atoms with Gasteiger partial charge < -0.3 is 25.0 Å². The van der Waals surface area contributed by atoms with Crippen LogP contribution in [0.4, 0.5) is 5.69 Å². The SMILES string of the molecule is C[C@@H](OCc1ccccc1)[C@H](CCC(=O)N(CCC(C)(C)C)Cc1ccncc1)N1Cc2cc(Oc3ccccc3)ncc2N=C1N.S. The van der Waals surface area contributed by atoms with Crippen molar-refractivity contribution in [2.75, 3.05) is 6.54 Å². The van der Waals surface area contributed by atoms with E-state index in [4.69, 9.17) is 20.2 Å². The summed E-state index contributed by atoms with van der Waals surface area (Å²) in [4.78, 5) is 31.3. The molecule has 0 unspecified atom stereocenters. The number of carbonyl (C=O) groups excluding carboxylic acids is 1. The molecule has 2 aromatic carbocycles. The molecule has 1 aliphatic rings. The number of nitrogens with zero attached hydrogens (tertiary/aromatic N) is 5. The lowest BCUT2D eigenvalue weighted by Crippen LogP contribution is -2.51. The molecule has 4 aromatic rings. The molecule has 1 aliphatic heterocycles. The van der Waals surface area contributed by atoms with Crippen molar-refractivity contribution >= 4 is 31.0 Å². The number of ether oxygens (including phenoxy) is 2. The number of carbonyl (C=O) groups is 1. The first-order valence-corrected chi connectivity index (χ1v) is 16.3. The predicted octanol–water partition coefficient (Wildman–Crippen LogP) is 7.36. The maximum atomic E-state index is 13.9. The van der Waals surface area contributed by atoms with Gasteiger partial charge in [-0.15, -0.1) is 0 Å². The number of guanidine groups is 1. The standard InChI is InChI=1S/C38H46N6O3.H2S/c1-28(46-27-30-11-7-5-8-12-30)34(15-16-36(45)43(22-19-38(2,3)4)25-29-17-20-40-21-18-29)44-26-31-23-35(41-24-33(31)42-37(44)39)47-32-13-9-6-10-14-32;/h5-14,17-18,20-21,23-24,28,34H,15-16,19,22,25-27H2,1-4H3,(H2,39,42);1H2/t28-,34+;/m1./s1. The van der Waals surface area contributed by atoms with Gasteiger partial charge in [-0.1, -0.05) is 69.3 Å². The molecule has 0 saturated carbocycles. The highest BCUT2D eigenvalue weighted by molar-refractivity contribution is 7.59. The largest absolute Gasteiger partial charge is 0.439 e. The molecule has 0 spiro atoms. The van der Waals surface area contributed by atoms with Gasteiger partial charge in [0.2, 0.25) is 11.8 Å². The molecule has 0 aliphatic carbocycles. The molecule has 9 nitrogen and oxygen atoms in total. The van der Waals surface area contributed by atoms with E-state index in [9.17, 15) is 4.79 Å². The third-order valence-electron chi connectivity index (χ3n) is 8.34. The Balaban J connectivity index is 0.00000520. The molecule has 0 saturated heterocycles. The second-order valence-electron chi connectivity index (χ2n) is 13.3. The van der Waals surface area contributed by atoms with Crippen molar-refractivity contribution in [1.29, 1.82) is 0 Å². The maximum Gasteiger partial charge on any atom is 0.222 e. The Morgan fingerprint density at radius 1 is 1.00 bits per heavy atom. The summed E-state index contributed by atoms with van der Waals surface area (Å²) in [6, 6.07) is 25.3. The normalized spacial score (nSPS) is 13.8. The second kappa shape index (κ2) is 17.1. The fourth-order valence-corrected chi connectivity index (χ4v) is 5.56. The summed E-state index contributed by atoms with van der Waals surface area (Å²) in [6.45, 7) is 10.8. The summed E-state index contributed by atoms with van der Waals surface area (Å²) < 4.78 is 12.5. The van der Waals surface area contributed by atoms with Crippen LogP contribution in [0.3, 0.4) is 0 Å². The predicted molar refractivity (Wildman–Crippen MR) is 195 cm³/mol. The molecule has 1 amide bonds. The van der Waals surface area contributed by atoms with Gasteiger partial charge in [0.05, 0.1) is 30.6 Å². The third-order valence-corrected chi connectivity index (χ3v) is 8.34. The van der Waals surface area contributed by atoms with E-state index in [2.05, 4.69) is 35.6 Å².